The fraction of sp³-hybridized carbons (Fsp3) is 0.125. The molecular formula is C16H13N3O4. The maximum Gasteiger partial charge on any atom is 0.357 e. The molecule has 0 saturated heterocycles. The van der Waals surface area contributed by atoms with Crippen LogP contribution in [0.15, 0.2) is 47.0 Å². The van der Waals surface area contributed by atoms with Gasteiger partial charge in [-0.05, 0) is 19.1 Å². The molecule has 1 N–H and O–H groups in total. The van der Waals surface area contributed by atoms with Crippen LogP contribution in [0, 0.1) is 6.92 Å². The lowest BCUT2D eigenvalue weighted by atomic mass is 10.2. The van der Waals surface area contributed by atoms with Gasteiger partial charge in [0.15, 0.2) is 12.4 Å². The summed E-state index contributed by atoms with van der Waals surface area (Å²) in [5.74, 6) is -0.334. The molecule has 3 aromatic rings. The number of anilines is 1. The number of esters is 1. The third-order valence-electron chi connectivity index (χ3n) is 3.04. The Labute approximate surface area is 131 Å². The zero-order valence-electron chi connectivity index (χ0n) is 12.3. The highest BCUT2D eigenvalue weighted by Gasteiger charge is 2.13. The molecule has 2 heterocycles. The van der Waals surface area contributed by atoms with Crippen LogP contribution < -0.4 is 5.32 Å². The minimum atomic E-state index is -0.665. The predicted octanol–water partition coefficient (Wildman–Crippen LogP) is 2.33. The van der Waals surface area contributed by atoms with E-state index in [1.165, 1.54) is 0 Å². The average molecular weight is 311 g/mol. The Morgan fingerprint density at radius 1 is 1.22 bits per heavy atom. The molecule has 0 unspecified atom stereocenters. The molecule has 116 valence electrons. The Bertz CT molecular complexity index is 872. The lowest BCUT2D eigenvalue weighted by Gasteiger charge is -2.05. The number of pyridine rings is 1. The van der Waals surface area contributed by atoms with Crippen molar-refractivity contribution in [2.45, 2.75) is 6.92 Å². The molecule has 0 aliphatic rings. The van der Waals surface area contributed by atoms with Crippen LogP contribution in [-0.4, -0.2) is 28.6 Å². The van der Waals surface area contributed by atoms with Gasteiger partial charge in [0.05, 0.1) is 5.52 Å². The molecule has 7 nitrogen and oxygen atoms in total. The summed E-state index contributed by atoms with van der Waals surface area (Å²) in [6.45, 7) is 1.27. The number of aryl methyl sites for hydroxylation is 1. The third kappa shape index (κ3) is 3.52. The Kier molecular flexibility index (Phi) is 4.01. The van der Waals surface area contributed by atoms with Gasteiger partial charge in [-0.25, -0.2) is 9.78 Å². The van der Waals surface area contributed by atoms with Gasteiger partial charge >= 0.3 is 5.97 Å². The van der Waals surface area contributed by atoms with E-state index in [0.29, 0.717) is 11.3 Å². The van der Waals surface area contributed by atoms with Crippen LogP contribution in [0.1, 0.15) is 16.2 Å². The molecule has 3 rings (SSSR count). The first-order chi connectivity index (χ1) is 11.1. The van der Waals surface area contributed by atoms with E-state index in [2.05, 4.69) is 15.5 Å². The molecule has 0 spiro atoms. The number of amides is 1. The number of rotatable bonds is 4. The molecule has 0 saturated carbocycles. The summed E-state index contributed by atoms with van der Waals surface area (Å²) in [5, 5.41) is 6.99. The topological polar surface area (TPSA) is 94.3 Å². The number of benzene rings is 1. The van der Waals surface area contributed by atoms with E-state index in [1.54, 1.807) is 31.2 Å². The van der Waals surface area contributed by atoms with Gasteiger partial charge in [-0.2, -0.15) is 0 Å². The second kappa shape index (κ2) is 6.27. The molecular weight excluding hydrogens is 298 g/mol. The van der Waals surface area contributed by atoms with Crippen molar-refractivity contribution in [1.82, 2.24) is 10.1 Å². The first-order valence-electron chi connectivity index (χ1n) is 6.88. The van der Waals surface area contributed by atoms with Gasteiger partial charge in [-0.15, -0.1) is 0 Å². The van der Waals surface area contributed by atoms with Gasteiger partial charge in [0, 0.05) is 11.5 Å². The van der Waals surface area contributed by atoms with E-state index >= 15 is 0 Å². The summed E-state index contributed by atoms with van der Waals surface area (Å²) in [5.41, 5.74) is 0.832. The zero-order chi connectivity index (χ0) is 16.2. The molecule has 23 heavy (non-hydrogen) atoms. The van der Waals surface area contributed by atoms with Crippen molar-refractivity contribution in [1.29, 1.82) is 0 Å². The number of carbonyl (C=O) groups excluding carboxylic acids is 2. The second-order valence-corrected chi connectivity index (χ2v) is 4.84. The lowest BCUT2D eigenvalue weighted by molar-refractivity contribution is -0.119. The van der Waals surface area contributed by atoms with Gasteiger partial charge in [0.1, 0.15) is 11.5 Å². The molecule has 0 radical (unpaired) electrons. The Morgan fingerprint density at radius 2 is 2.04 bits per heavy atom. The minimum Gasteiger partial charge on any atom is -0.451 e. The second-order valence-electron chi connectivity index (χ2n) is 4.84. The number of fused-ring (bicyclic) bond motifs is 1. The zero-order valence-corrected chi connectivity index (χ0v) is 12.3. The lowest BCUT2D eigenvalue weighted by Crippen LogP contribution is -2.21. The molecule has 1 aromatic carbocycles. The maximum atomic E-state index is 12.0. The third-order valence-corrected chi connectivity index (χ3v) is 3.04. The van der Waals surface area contributed by atoms with Crippen LogP contribution in [0.25, 0.3) is 10.9 Å². The summed E-state index contributed by atoms with van der Waals surface area (Å²) in [6.07, 6.45) is 0. The molecule has 0 aliphatic carbocycles. The Morgan fingerprint density at radius 3 is 2.83 bits per heavy atom. The van der Waals surface area contributed by atoms with E-state index < -0.39 is 18.5 Å². The molecule has 1 amide bonds. The average Bonchev–Trinajstić information content (AvgIpc) is 2.97. The number of hydrogen-bond donors (Lipinski definition) is 1. The molecule has 0 fully saturated rings. The normalized spacial score (nSPS) is 10.5. The molecule has 7 heteroatoms. The highest BCUT2D eigenvalue weighted by Crippen LogP contribution is 2.12. The predicted molar refractivity (Wildman–Crippen MR) is 81.9 cm³/mol. The van der Waals surface area contributed by atoms with E-state index in [-0.39, 0.29) is 11.5 Å². The number of aromatic nitrogens is 2. The van der Waals surface area contributed by atoms with E-state index in [1.807, 2.05) is 18.2 Å². The monoisotopic (exact) mass is 311 g/mol. The van der Waals surface area contributed by atoms with E-state index in [4.69, 9.17) is 9.26 Å². The van der Waals surface area contributed by atoms with Crippen molar-refractivity contribution < 1.29 is 18.8 Å². The van der Waals surface area contributed by atoms with Crippen molar-refractivity contribution >= 4 is 28.6 Å². The minimum absolute atomic E-state index is 0.147. The van der Waals surface area contributed by atoms with Crippen molar-refractivity contribution in [3.8, 4) is 0 Å². The molecule has 0 atom stereocenters. The summed E-state index contributed by atoms with van der Waals surface area (Å²) in [6, 6.07) is 12.3. The molecule has 0 bridgehead atoms. The fourth-order valence-corrected chi connectivity index (χ4v) is 1.99. The number of nitrogens with zero attached hydrogens (tertiary/aromatic N) is 2. The summed E-state index contributed by atoms with van der Waals surface area (Å²) < 4.78 is 9.76. The summed E-state index contributed by atoms with van der Waals surface area (Å²) in [4.78, 5) is 27.8. The fourth-order valence-electron chi connectivity index (χ4n) is 1.99. The highest BCUT2D eigenvalue weighted by atomic mass is 16.5. The van der Waals surface area contributed by atoms with Crippen LogP contribution >= 0.6 is 0 Å². The number of carbonyl (C=O) groups is 2. The standard InChI is InChI=1S/C16H13N3O4/c1-10-8-14(19-23-10)18-15(20)9-22-16(21)13-7-6-11-4-2-3-5-12(11)17-13/h2-8H,9H2,1H3,(H,18,19,20). The van der Waals surface area contributed by atoms with Crippen molar-refractivity contribution in [2.75, 3.05) is 11.9 Å². The largest absolute Gasteiger partial charge is 0.451 e. The van der Waals surface area contributed by atoms with E-state index in [9.17, 15) is 9.59 Å². The number of hydrogen-bond acceptors (Lipinski definition) is 6. The van der Waals surface area contributed by atoms with Gasteiger partial charge in [0.2, 0.25) is 0 Å². The van der Waals surface area contributed by atoms with E-state index in [0.717, 1.165) is 5.39 Å². The Hall–Kier alpha value is -3.22. The summed E-state index contributed by atoms with van der Waals surface area (Å²) in [7, 11) is 0. The Balaban J connectivity index is 1.60. The van der Waals surface area contributed by atoms with Gasteiger partial charge < -0.3 is 14.6 Å². The number of para-hydroxylation sites is 1. The van der Waals surface area contributed by atoms with Crippen LogP contribution in [0.4, 0.5) is 5.82 Å². The highest BCUT2D eigenvalue weighted by molar-refractivity contribution is 5.95. The number of nitrogens with one attached hydrogen (secondary N) is 1. The quantitative estimate of drug-likeness (QED) is 0.743. The number of ether oxygens (including phenoxy) is 1. The van der Waals surface area contributed by atoms with Gasteiger partial charge in [-0.1, -0.05) is 29.4 Å². The van der Waals surface area contributed by atoms with Crippen molar-refractivity contribution in [2.24, 2.45) is 0 Å². The summed E-state index contributed by atoms with van der Waals surface area (Å²) >= 11 is 0. The van der Waals surface area contributed by atoms with Gasteiger partial charge in [-0.3, -0.25) is 4.79 Å². The first-order valence-corrected chi connectivity index (χ1v) is 6.88. The smallest absolute Gasteiger partial charge is 0.357 e. The molecule has 2 aromatic heterocycles. The van der Waals surface area contributed by atoms with Crippen molar-refractivity contribution in [3.63, 3.8) is 0 Å². The first kappa shape index (κ1) is 14.7. The van der Waals surface area contributed by atoms with Crippen LogP contribution in [0.3, 0.4) is 0 Å². The molecule has 0 aliphatic heterocycles. The maximum absolute atomic E-state index is 12.0. The van der Waals surface area contributed by atoms with Gasteiger partial charge in [0.25, 0.3) is 5.91 Å². The van der Waals surface area contributed by atoms with Crippen LogP contribution in [0.5, 0.6) is 0 Å². The van der Waals surface area contributed by atoms with Crippen LogP contribution in [0.2, 0.25) is 0 Å². The van der Waals surface area contributed by atoms with Crippen LogP contribution in [-0.2, 0) is 9.53 Å². The SMILES string of the molecule is Cc1cc(NC(=O)COC(=O)c2ccc3ccccc3n2)no1. The van der Waals surface area contributed by atoms with Crippen molar-refractivity contribution in [3.05, 3.63) is 53.9 Å².